The van der Waals surface area contributed by atoms with Crippen molar-refractivity contribution >= 4 is 10.9 Å². The van der Waals surface area contributed by atoms with Gasteiger partial charge < -0.3 is 5.11 Å². The molecule has 0 amide bonds. The van der Waals surface area contributed by atoms with Gasteiger partial charge in [0.05, 0.1) is 0 Å². The molecule has 2 nitrogen and oxygen atoms in total. The number of benzene rings is 1. The number of aryl methyl sites for hydroxylation is 3. The molecule has 0 aliphatic heterocycles. The van der Waals surface area contributed by atoms with E-state index in [4.69, 9.17) is 0 Å². The van der Waals surface area contributed by atoms with Crippen LogP contribution in [-0.2, 0) is 0 Å². The predicted octanol–water partition coefficient (Wildman–Crippen LogP) is 2.87. The van der Waals surface area contributed by atoms with Crippen LogP contribution in [0.3, 0.4) is 0 Å². The van der Waals surface area contributed by atoms with Gasteiger partial charge in [0.2, 0.25) is 0 Å². The molecule has 0 fully saturated rings. The quantitative estimate of drug-likeness (QED) is 0.688. The summed E-state index contributed by atoms with van der Waals surface area (Å²) < 4.78 is 0. The molecule has 0 saturated carbocycles. The Morgan fingerprint density at radius 3 is 2.50 bits per heavy atom. The first-order valence-electron chi connectivity index (χ1n) is 4.65. The topological polar surface area (TPSA) is 33.1 Å². The minimum atomic E-state index is 0.258. The second-order valence-corrected chi connectivity index (χ2v) is 3.69. The third-order valence-corrected chi connectivity index (χ3v) is 2.72. The molecule has 1 aromatic heterocycles. The lowest BCUT2D eigenvalue weighted by Crippen LogP contribution is -1.90. The van der Waals surface area contributed by atoms with Crippen LogP contribution in [0.4, 0.5) is 0 Å². The van der Waals surface area contributed by atoms with E-state index < -0.39 is 0 Å². The van der Waals surface area contributed by atoms with Crippen LogP contribution in [0.5, 0.6) is 5.75 Å². The molecule has 2 aromatic rings. The molecule has 2 rings (SSSR count). The van der Waals surface area contributed by atoms with E-state index in [-0.39, 0.29) is 5.75 Å². The minimum Gasteiger partial charge on any atom is -0.506 e. The molecule has 72 valence electrons. The number of hydrogen-bond acceptors (Lipinski definition) is 2. The van der Waals surface area contributed by atoms with Gasteiger partial charge in [-0.3, -0.25) is 4.98 Å². The van der Waals surface area contributed by atoms with Crippen molar-refractivity contribution in [2.75, 3.05) is 0 Å². The number of rotatable bonds is 0. The summed E-state index contributed by atoms with van der Waals surface area (Å²) in [6.07, 6.45) is 1.80. The molecule has 0 aliphatic carbocycles. The van der Waals surface area contributed by atoms with Crippen LogP contribution in [0.2, 0.25) is 0 Å². The molecule has 0 saturated heterocycles. The highest BCUT2D eigenvalue weighted by atomic mass is 16.3. The molecule has 0 bridgehead atoms. The van der Waals surface area contributed by atoms with Crippen LogP contribution in [0.1, 0.15) is 16.7 Å². The van der Waals surface area contributed by atoms with Gasteiger partial charge in [0.15, 0.2) is 0 Å². The second-order valence-electron chi connectivity index (χ2n) is 3.69. The Hall–Kier alpha value is -1.57. The monoisotopic (exact) mass is 187 g/mol. The van der Waals surface area contributed by atoms with E-state index in [1.165, 1.54) is 5.56 Å². The third-order valence-electron chi connectivity index (χ3n) is 2.72. The number of aromatic hydroxyl groups is 1. The first kappa shape index (κ1) is 9.00. The summed E-state index contributed by atoms with van der Waals surface area (Å²) in [6, 6.07) is 3.62. The van der Waals surface area contributed by atoms with E-state index in [1.54, 1.807) is 12.3 Å². The van der Waals surface area contributed by atoms with E-state index in [1.807, 2.05) is 19.9 Å². The lowest BCUT2D eigenvalue weighted by molar-refractivity contribution is 0.480. The average molecular weight is 187 g/mol. The van der Waals surface area contributed by atoms with Crippen LogP contribution in [-0.4, -0.2) is 10.1 Å². The van der Waals surface area contributed by atoms with E-state index >= 15 is 0 Å². The maximum Gasteiger partial charge on any atom is 0.141 e. The zero-order valence-corrected chi connectivity index (χ0v) is 8.63. The van der Waals surface area contributed by atoms with Crippen molar-refractivity contribution in [3.63, 3.8) is 0 Å². The Balaban J connectivity index is 3.01. The number of phenolic OH excluding ortho intramolecular Hbond substituents is 1. The SMILES string of the molecule is Cc1cnc2c(O)ccc(C)c2c1C. The number of nitrogens with zero attached hydrogens (tertiary/aromatic N) is 1. The fourth-order valence-electron chi connectivity index (χ4n) is 1.74. The number of phenols is 1. The van der Waals surface area contributed by atoms with E-state index in [9.17, 15) is 5.11 Å². The molecule has 0 atom stereocenters. The van der Waals surface area contributed by atoms with Crippen LogP contribution < -0.4 is 0 Å². The number of aromatic nitrogens is 1. The van der Waals surface area contributed by atoms with Gasteiger partial charge in [0, 0.05) is 11.6 Å². The highest BCUT2D eigenvalue weighted by molar-refractivity contribution is 5.90. The van der Waals surface area contributed by atoms with Gasteiger partial charge in [0.25, 0.3) is 0 Å². The van der Waals surface area contributed by atoms with Gasteiger partial charge in [-0.25, -0.2) is 0 Å². The van der Waals surface area contributed by atoms with Gasteiger partial charge >= 0.3 is 0 Å². The van der Waals surface area contributed by atoms with Gasteiger partial charge in [-0.05, 0) is 43.5 Å². The lowest BCUT2D eigenvalue weighted by atomic mass is 10.0. The predicted molar refractivity (Wildman–Crippen MR) is 57.6 cm³/mol. The Labute approximate surface area is 83.2 Å². The lowest BCUT2D eigenvalue weighted by Gasteiger charge is -2.08. The van der Waals surface area contributed by atoms with Crippen molar-refractivity contribution < 1.29 is 5.11 Å². The zero-order chi connectivity index (χ0) is 10.3. The average Bonchev–Trinajstić information content (AvgIpc) is 2.16. The first-order valence-corrected chi connectivity index (χ1v) is 4.65. The van der Waals surface area contributed by atoms with Crippen LogP contribution in [0, 0.1) is 20.8 Å². The maximum atomic E-state index is 9.65. The summed E-state index contributed by atoms with van der Waals surface area (Å²) in [4.78, 5) is 4.25. The zero-order valence-electron chi connectivity index (χ0n) is 8.63. The molecule has 0 radical (unpaired) electrons. The molecule has 1 heterocycles. The van der Waals surface area contributed by atoms with Crippen LogP contribution in [0.15, 0.2) is 18.3 Å². The fourth-order valence-corrected chi connectivity index (χ4v) is 1.74. The molecular weight excluding hydrogens is 174 g/mol. The van der Waals surface area contributed by atoms with Crippen molar-refractivity contribution in [2.45, 2.75) is 20.8 Å². The van der Waals surface area contributed by atoms with Crippen molar-refractivity contribution in [3.05, 3.63) is 35.0 Å². The molecule has 1 N–H and O–H groups in total. The fraction of sp³-hybridized carbons (Fsp3) is 0.250. The highest BCUT2D eigenvalue weighted by Crippen LogP contribution is 2.28. The van der Waals surface area contributed by atoms with Crippen LogP contribution in [0.25, 0.3) is 10.9 Å². The van der Waals surface area contributed by atoms with Crippen molar-refractivity contribution in [1.29, 1.82) is 0 Å². The van der Waals surface area contributed by atoms with Crippen LogP contribution >= 0.6 is 0 Å². The number of fused-ring (bicyclic) bond motifs is 1. The Bertz CT molecular complexity index is 503. The molecular formula is C12H13NO. The van der Waals surface area contributed by atoms with Crippen molar-refractivity contribution in [3.8, 4) is 5.75 Å². The summed E-state index contributed by atoms with van der Waals surface area (Å²) >= 11 is 0. The van der Waals surface area contributed by atoms with E-state index in [0.717, 1.165) is 16.5 Å². The van der Waals surface area contributed by atoms with Gasteiger partial charge in [-0.2, -0.15) is 0 Å². The van der Waals surface area contributed by atoms with E-state index in [2.05, 4.69) is 11.9 Å². The molecule has 2 heteroatoms. The summed E-state index contributed by atoms with van der Waals surface area (Å²) in [5.74, 6) is 0.258. The first-order chi connectivity index (χ1) is 6.61. The smallest absolute Gasteiger partial charge is 0.141 e. The Morgan fingerprint density at radius 2 is 1.79 bits per heavy atom. The normalized spacial score (nSPS) is 10.8. The third kappa shape index (κ3) is 1.15. The summed E-state index contributed by atoms with van der Waals surface area (Å²) in [5.41, 5.74) is 4.22. The van der Waals surface area contributed by atoms with Gasteiger partial charge in [0.1, 0.15) is 11.3 Å². The largest absolute Gasteiger partial charge is 0.506 e. The molecule has 0 aliphatic rings. The van der Waals surface area contributed by atoms with Gasteiger partial charge in [-0.15, -0.1) is 0 Å². The molecule has 14 heavy (non-hydrogen) atoms. The standard InChI is InChI=1S/C12H13NO/c1-7-4-5-10(14)12-11(7)9(3)8(2)6-13-12/h4-6,14H,1-3H3. The summed E-state index contributed by atoms with van der Waals surface area (Å²) in [7, 11) is 0. The Morgan fingerprint density at radius 1 is 1.07 bits per heavy atom. The van der Waals surface area contributed by atoms with Crippen molar-refractivity contribution in [2.24, 2.45) is 0 Å². The van der Waals surface area contributed by atoms with Gasteiger partial charge in [-0.1, -0.05) is 6.07 Å². The Kier molecular flexibility index (Phi) is 1.92. The molecule has 0 unspecified atom stereocenters. The minimum absolute atomic E-state index is 0.258. The van der Waals surface area contributed by atoms with E-state index in [0.29, 0.717) is 5.52 Å². The highest BCUT2D eigenvalue weighted by Gasteiger charge is 2.07. The molecule has 1 aromatic carbocycles. The number of hydrogen-bond donors (Lipinski definition) is 1. The number of pyridine rings is 1. The maximum absolute atomic E-state index is 9.65. The second kappa shape index (κ2) is 2.98. The molecule has 0 spiro atoms. The summed E-state index contributed by atoms with van der Waals surface area (Å²) in [5, 5.41) is 10.7. The van der Waals surface area contributed by atoms with Crippen molar-refractivity contribution in [1.82, 2.24) is 4.98 Å². The summed E-state index contributed by atoms with van der Waals surface area (Å²) in [6.45, 7) is 6.13.